The maximum absolute atomic E-state index is 13.4. The lowest BCUT2D eigenvalue weighted by Gasteiger charge is -2.30. The minimum atomic E-state index is -2.90. The Hall–Kier alpha value is -3.14. The largest absolute Gasteiger partial charge is 0.415 e. The van der Waals surface area contributed by atoms with E-state index in [4.69, 9.17) is 16.0 Å². The molecule has 0 atom stereocenters. The second kappa shape index (κ2) is 7.85. The Bertz CT molecular complexity index is 1000. The van der Waals surface area contributed by atoms with Gasteiger partial charge in [0.05, 0.1) is 28.5 Å². The van der Waals surface area contributed by atoms with Crippen LogP contribution in [-0.4, -0.2) is 29.4 Å². The second-order valence-corrected chi connectivity index (χ2v) is 6.12. The second-order valence-electron chi connectivity index (χ2n) is 5.72. The molecule has 0 aliphatic carbocycles. The zero-order chi connectivity index (χ0) is 20.4. The molecule has 7 nitrogen and oxygen atoms in total. The van der Waals surface area contributed by atoms with Gasteiger partial charge in [-0.15, -0.1) is 10.2 Å². The fraction of sp³-hybridized carbons (Fsp3) is 0.176. The number of carbonyl (C=O) groups is 1. The number of nitrogens with zero attached hydrogens (tertiary/aromatic N) is 4. The van der Waals surface area contributed by atoms with Crippen LogP contribution in [0.4, 0.5) is 18.9 Å². The Morgan fingerprint density at radius 2 is 2.21 bits per heavy atom. The SMILES string of the molecule is C=NC1=C(/C=C(\C)c2nnc(C(F)F)o2)C(=O)NN(c2ccc(F)c(Cl)c2)C1. The number of aromatic nitrogens is 2. The van der Waals surface area contributed by atoms with Gasteiger partial charge < -0.3 is 4.42 Å². The van der Waals surface area contributed by atoms with Gasteiger partial charge in [-0.3, -0.25) is 20.2 Å². The zero-order valence-electron chi connectivity index (χ0n) is 14.4. The van der Waals surface area contributed by atoms with Gasteiger partial charge in [0.15, 0.2) is 0 Å². The van der Waals surface area contributed by atoms with Crippen molar-refractivity contribution in [3.05, 3.63) is 58.2 Å². The molecular formula is C17H13ClF3N5O2. The van der Waals surface area contributed by atoms with Crippen molar-refractivity contribution in [1.29, 1.82) is 0 Å². The summed E-state index contributed by atoms with van der Waals surface area (Å²) in [6.07, 6.45) is -1.51. The lowest BCUT2D eigenvalue weighted by molar-refractivity contribution is -0.117. The van der Waals surface area contributed by atoms with Crippen LogP contribution in [-0.2, 0) is 4.79 Å². The van der Waals surface area contributed by atoms with Gasteiger partial charge in [-0.05, 0) is 37.9 Å². The van der Waals surface area contributed by atoms with Gasteiger partial charge >= 0.3 is 6.43 Å². The van der Waals surface area contributed by atoms with Crippen molar-refractivity contribution < 1.29 is 22.4 Å². The molecule has 1 aromatic heterocycles. The molecule has 0 spiro atoms. The molecule has 0 radical (unpaired) electrons. The summed E-state index contributed by atoms with van der Waals surface area (Å²) >= 11 is 5.78. The van der Waals surface area contributed by atoms with Crippen molar-refractivity contribution in [1.82, 2.24) is 15.6 Å². The highest BCUT2D eigenvalue weighted by Gasteiger charge is 2.25. The molecule has 146 valence electrons. The number of halogens is 4. The average molecular weight is 412 g/mol. The van der Waals surface area contributed by atoms with E-state index in [9.17, 15) is 18.0 Å². The van der Waals surface area contributed by atoms with Gasteiger partial charge in [-0.25, -0.2) is 4.39 Å². The monoisotopic (exact) mass is 411 g/mol. The molecule has 11 heteroatoms. The fourth-order valence-corrected chi connectivity index (χ4v) is 2.62. The van der Waals surface area contributed by atoms with E-state index < -0.39 is 24.0 Å². The van der Waals surface area contributed by atoms with Crippen LogP contribution in [0.2, 0.25) is 5.02 Å². The molecule has 0 saturated carbocycles. The third-order valence-electron chi connectivity index (χ3n) is 3.83. The van der Waals surface area contributed by atoms with Gasteiger partial charge in [-0.1, -0.05) is 11.6 Å². The third-order valence-corrected chi connectivity index (χ3v) is 4.12. The zero-order valence-corrected chi connectivity index (χ0v) is 15.2. The van der Waals surface area contributed by atoms with Crippen LogP contribution < -0.4 is 10.4 Å². The summed E-state index contributed by atoms with van der Waals surface area (Å²) in [6, 6.07) is 3.97. The quantitative estimate of drug-likeness (QED) is 0.758. The van der Waals surface area contributed by atoms with Gasteiger partial charge in [0.25, 0.3) is 11.8 Å². The van der Waals surface area contributed by atoms with E-state index in [1.807, 2.05) is 0 Å². The summed E-state index contributed by atoms with van der Waals surface area (Å²) in [4.78, 5) is 16.4. The molecule has 28 heavy (non-hydrogen) atoms. The first-order chi connectivity index (χ1) is 13.3. The number of benzene rings is 1. The molecule has 0 saturated heterocycles. The highest BCUT2D eigenvalue weighted by molar-refractivity contribution is 6.31. The van der Waals surface area contributed by atoms with Crippen LogP contribution in [0.3, 0.4) is 0 Å². The number of hydrogen-bond donors (Lipinski definition) is 1. The van der Waals surface area contributed by atoms with E-state index in [1.165, 1.54) is 36.2 Å². The Labute approximate surface area is 162 Å². The molecule has 2 aromatic rings. The number of alkyl halides is 2. The van der Waals surface area contributed by atoms with E-state index in [-0.39, 0.29) is 23.0 Å². The maximum Gasteiger partial charge on any atom is 0.314 e. The number of hydrazine groups is 1. The van der Waals surface area contributed by atoms with E-state index in [2.05, 4.69) is 27.3 Å². The van der Waals surface area contributed by atoms with Gasteiger partial charge in [-0.2, -0.15) is 8.78 Å². The summed E-state index contributed by atoms with van der Waals surface area (Å²) in [5.41, 5.74) is 3.80. The summed E-state index contributed by atoms with van der Waals surface area (Å²) in [6.45, 7) is 5.09. The smallest absolute Gasteiger partial charge is 0.314 e. The number of rotatable bonds is 5. The van der Waals surface area contributed by atoms with Crippen molar-refractivity contribution in [3.8, 4) is 0 Å². The molecule has 1 aromatic carbocycles. The maximum atomic E-state index is 13.4. The molecule has 1 N–H and O–H groups in total. The molecular weight excluding hydrogens is 399 g/mol. The Morgan fingerprint density at radius 3 is 2.82 bits per heavy atom. The van der Waals surface area contributed by atoms with Crippen LogP contribution in [0.25, 0.3) is 5.57 Å². The molecule has 1 aliphatic heterocycles. The molecule has 2 heterocycles. The summed E-state index contributed by atoms with van der Waals surface area (Å²) in [5.74, 6) is -2.09. The number of nitrogens with one attached hydrogen (secondary N) is 1. The molecule has 1 amide bonds. The van der Waals surface area contributed by atoms with Gasteiger partial charge in [0.1, 0.15) is 5.82 Å². The number of allylic oxidation sites excluding steroid dienone is 1. The summed E-state index contributed by atoms with van der Waals surface area (Å²) in [7, 11) is 0. The predicted octanol–water partition coefficient (Wildman–Crippen LogP) is 3.71. The minimum absolute atomic E-state index is 0.100. The van der Waals surface area contributed by atoms with Crippen molar-refractivity contribution in [2.45, 2.75) is 13.3 Å². The Balaban J connectivity index is 1.91. The number of anilines is 1. The molecule has 0 bridgehead atoms. The molecule has 0 fully saturated rings. The molecule has 3 rings (SSSR count). The first-order valence-corrected chi connectivity index (χ1v) is 8.21. The first-order valence-electron chi connectivity index (χ1n) is 7.83. The number of amides is 1. The van der Waals surface area contributed by atoms with Crippen molar-refractivity contribution in [2.75, 3.05) is 11.6 Å². The number of hydrogen-bond acceptors (Lipinski definition) is 6. The van der Waals surface area contributed by atoms with E-state index >= 15 is 0 Å². The van der Waals surface area contributed by atoms with E-state index in [0.29, 0.717) is 17.0 Å². The molecule has 1 aliphatic rings. The average Bonchev–Trinajstić information content (AvgIpc) is 3.16. The Kier molecular flexibility index (Phi) is 5.50. The third kappa shape index (κ3) is 3.91. The van der Waals surface area contributed by atoms with Gasteiger partial charge in [0.2, 0.25) is 5.89 Å². The van der Waals surface area contributed by atoms with E-state index in [1.54, 1.807) is 0 Å². The summed E-state index contributed by atoms with van der Waals surface area (Å²) < 4.78 is 43.4. The van der Waals surface area contributed by atoms with Gasteiger partial charge in [0, 0.05) is 5.57 Å². The molecule has 0 unspecified atom stereocenters. The van der Waals surface area contributed by atoms with Crippen LogP contribution in [0.15, 0.2) is 45.0 Å². The highest BCUT2D eigenvalue weighted by atomic mass is 35.5. The van der Waals surface area contributed by atoms with Crippen LogP contribution in [0.5, 0.6) is 0 Å². The fourth-order valence-electron chi connectivity index (χ4n) is 2.44. The topological polar surface area (TPSA) is 83.6 Å². The lowest BCUT2D eigenvalue weighted by atomic mass is 10.1. The van der Waals surface area contributed by atoms with Crippen molar-refractivity contribution >= 4 is 35.5 Å². The summed E-state index contributed by atoms with van der Waals surface area (Å²) in [5, 5.41) is 8.10. The predicted molar refractivity (Wildman–Crippen MR) is 96.4 cm³/mol. The van der Waals surface area contributed by atoms with Crippen LogP contribution in [0.1, 0.15) is 25.1 Å². The lowest BCUT2D eigenvalue weighted by Crippen LogP contribution is -2.48. The van der Waals surface area contributed by atoms with Crippen LogP contribution in [0, 0.1) is 5.82 Å². The van der Waals surface area contributed by atoms with Crippen molar-refractivity contribution in [2.24, 2.45) is 4.99 Å². The van der Waals surface area contributed by atoms with Crippen molar-refractivity contribution in [3.63, 3.8) is 0 Å². The Morgan fingerprint density at radius 1 is 1.46 bits per heavy atom. The number of carbonyl (C=O) groups excluding carboxylic acids is 1. The van der Waals surface area contributed by atoms with Crippen LogP contribution >= 0.6 is 11.6 Å². The normalized spacial score (nSPS) is 15.3. The first kappa shape index (κ1) is 19.6. The number of aliphatic imine (C=N–C) groups is 1. The minimum Gasteiger partial charge on any atom is -0.415 e. The van der Waals surface area contributed by atoms with E-state index in [0.717, 1.165) is 0 Å². The standard InChI is InChI=1S/C17H13ClF3N5O2/c1-8(16-23-24-17(28-16)14(20)21)5-10-13(22-2)7-26(25-15(10)27)9-3-4-12(19)11(18)6-9/h3-6,14H,2,7H2,1H3,(H,25,27)/b8-5+. The highest BCUT2D eigenvalue weighted by Crippen LogP contribution is 2.27.